The molecule has 1 unspecified atom stereocenters. The van der Waals surface area contributed by atoms with Crippen LogP contribution in [0.2, 0.25) is 0 Å². The van der Waals surface area contributed by atoms with E-state index >= 15 is 0 Å². The Hall–Kier alpha value is 1.22. The minimum Gasteiger partial charge on any atom is -0.0983 e. The van der Waals surface area contributed by atoms with E-state index in [1.807, 2.05) is 6.08 Å². The van der Waals surface area contributed by atoms with Gasteiger partial charge in [-0.05, 0) is 24.8 Å². The van der Waals surface area contributed by atoms with Crippen LogP contribution in [-0.4, -0.2) is 8.67 Å². The van der Waals surface area contributed by atoms with Gasteiger partial charge in [0.05, 0.1) is 5.03 Å². The highest BCUT2D eigenvalue weighted by Gasteiger charge is 2.53. The molecule has 16 heavy (non-hydrogen) atoms. The van der Waals surface area contributed by atoms with Gasteiger partial charge in [0.15, 0.2) is 8.67 Å². The van der Waals surface area contributed by atoms with Gasteiger partial charge in [0.2, 0.25) is 0 Å². The molecule has 0 amide bonds. The first-order valence-electron chi connectivity index (χ1n) is 4.73. The van der Waals surface area contributed by atoms with Crippen molar-refractivity contribution in [1.29, 1.82) is 0 Å². The van der Waals surface area contributed by atoms with E-state index in [4.69, 9.17) is 69.6 Å². The molecule has 0 saturated heterocycles. The van der Waals surface area contributed by atoms with Gasteiger partial charge in [0, 0.05) is 11.5 Å². The molecule has 0 radical (unpaired) electrons. The average molecular weight is 341 g/mol. The molecule has 2 aliphatic carbocycles. The normalized spacial score (nSPS) is 32.1. The summed E-state index contributed by atoms with van der Waals surface area (Å²) in [5.74, 6) is 0.177. The maximum absolute atomic E-state index is 6.15. The van der Waals surface area contributed by atoms with Crippen LogP contribution in [0.4, 0.5) is 0 Å². The molecule has 0 heterocycles. The van der Waals surface area contributed by atoms with Crippen molar-refractivity contribution in [3.05, 3.63) is 21.7 Å². The third kappa shape index (κ3) is 2.35. The van der Waals surface area contributed by atoms with Gasteiger partial charge in [0.25, 0.3) is 0 Å². The van der Waals surface area contributed by atoms with Crippen LogP contribution in [0.25, 0.3) is 0 Å². The van der Waals surface area contributed by atoms with Crippen molar-refractivity contribution in [2.24, 2.45) is 5.92 Å². The predicted octanol–water partition coefficient (Wildman–Crippen LogP) is 5.76. The molecule has 0 N–H and O–H groups in total. The molecule has 1 fully saturated rings. The van der Waals surface area contributed by atoms with Crippen molar-refractivity contribution in [3.63, 3.8) is 0 Å². The highest BCUT2D eigenvalue weighted by molar-refractivity contribution is 6.62. The van der Waals surface area contributed by atoms with E-state index in [0.717, 1.165) is 5.57 Å². The molecule has 0 aromatic carbocycles. The minimum atomic E-state index is -1.18. The second-order valence-corrected chi connectivity index (χ2v) is 7.99. The molecule has 2 rings (SSSR count). The first-order valence-corrected chi connectivity index (χ1v) is 7.00. The molecule has 2 aliphatic rings. The number of allylic oxidation sites excluding steroid dienone is 4. The molecule has 0 aromatic rings. The van der Waals surface area contributed by atoms with Crippen LogP contribution >= 0.6 is 69.6 Å². The number of alkyl halides is 4. The lowest BCUT2D eigenvalue weighted by Crippen LogP contribution is -2.44. The van der Waals surface area contributed by atoms with E-state index in [1.54, 1.807) is 0 Å². The van der Waals surface area contributed by atoms with Gasteiger partial charge in [-0.2, -0.15) is 0 Å². The summed E-state index contributed by atoms with van der Waals surface area (Å²) in [4.78, 5) is 0. The predicted molar refractivity (Wildman–Crippen MR) is 73.0 cm³/mol. The van der Waals surface area contributed by atoms with Crippen LogP contribution in [0.15, 0.2) is 21.7 Å². The van der Waals surface area contributed by atoms with Crippen LogP contribution in [0.3, 0.4) is 0 Å². The third-order valence-corrected chi connectivity index (χ3v) is 6.03. The minimum absolute atomic E-state index is 0.177. The Balaban J connectivity index is 2.33. The van der Waals surface area contributed by atoms with Gasteiger partial charge in [0.1, 0.15) is 0 Å². The van der Waals surface area contributed by atoms with E-state index in [2.05, 4.69) is 0 Å². The maximum Gasteiger partial charge on any atom is 0.154 e. The average Bonchev–Trinajstić information content (AvgIpc) is 2.10. The van der Waals surface area contributed by atoms with Crippen molar-refractivity contribution >= 4 is 69.6 Å². The van der Waals surface area contributed by atoms with Crippen LogP contribution in [0, 0.1) is 5.92 Å². The fourth-order valence-corrected chi connectivity index (χ4v) is 3.47. The SMILES string of the molecule is ClC1=C(Cl)CC2CC(Cl)(Cl)C(Cl)(Cl)CC2=C1. The van der Waals surface area contributed by atoms with Crippen LogP contribution in [0.1, 0.15) is 19.3 Å². The number of halogens is 6. The summed E-state index contributed by atoms with van der Waals surface area (Å²) in [6.45, 7) is 0. The summed E-state index contributed by atoms with van der Waals surface area (Å²) in [6, 6.07) is 0. The molecular formula is C10H8Cl6. The van der Waals surface area contributed by atoms with E-state index in [-0.39, 0.29) is 5.92 Å². The molecule has 0 nitrogen and oxygen atoms in total. The molecule has 0 aliphatic heterocycles. The smallest absolute Gasteiger partial charge is 0.0983 e. The Labute approximate surface area is 124 Å². The van der Waals surface area contributed by atoms with E-state index in [1.165, 1.54) is 0 Å². The number of hydrogen-bond donors (Lipinski definition) is 0. The summed E-state index contributed by atoms with van der Waals surface area (Å²) in [7, 11) is 0. The maximum atomic E-state index is 6.15. The molecule has 0 bridgehead atoms. The number of fused-ring (bicyclic) bond motifs is 1. The van der Waals surface area contributed by atoms with Crippen LogP contribution in [0.5, 0.6) is 0 Å². The van der Waals surface area contributed by atoms with E-state index in [9.17, 15) is 0 Å². The first kappa shape index (κ1) is 13.6. The second kappa shape index (κ2) is 4.40. The van der Waals surface area contributed by atoms with Gasteiger partial charge >= 0.3 is 0 Å². The van der Waals surface area contributed by atoms with Crippen molar-refractivity contribution < 1.29 is 0 Å². The standard InChI is InChI=1S/C10H8Cl6/c11-7-1-5-3-9(13,14)10(15,16)4-6(5)2-8(7)12/h1,6H,2-4H2. The Kier molecular flexibility index (Phi) is 3.75. The molecule has 1 saturated carbocycles. The van der Waals surface area contributed by atoms with E-state index in [0.29, 0.717) is 29.3 Å². The molecule has 0 aromatic heterocycles. The summed E-state index contributed by atoms with van der Waals surface area (Å²) < 4.78 is -2.33. The lowest BCUT2D eigenvalue weighted by Gasteiger charge is -2.43. The van der Waals surface area contributed by atoms with Crippen molar-refractivity contribution in [1.82, 2.24) is 0 Å². The van der Waals surface area contributed by atoms with Crippen LogP contribution < -0.4 is 0 Å². The van der Waals surface area contributed by atoms with Crippen molar-refractivity contribution in [3.8, 4) is 0 Å². The van der Waals surface area contributed by atoms with Gasteiger partial charge in [-0.25, -0.2) is 0 Å². The Morgan fingerprint density at radius 1 is 1.06 bits per heavy atom. The van der Waals surface area contributed by atoms with Crippen molar-refractivity contribution in [2.75, 3.05) is 0 Å². The summed E-state index contributed by atoms with van der Waals surface area (Å²) >= 11 is 36.5. The Morgan fingerprint density at radius 3 is 2.31 bits per heavy atom. The molecule has 90 valence electrons. The molecule has 6 heteroatoms. The highest BCUT2D eigenvalue weighted by atomic mass is 35.5. The number of rotatable bonds is 0. The summed E-state index contributed by atoms with van der Waals surface area (Å²) in [5, 5.41) is 1.19. The zero-order valence-electron chi connectivity index (χ0n) is 8.04. The first-order chi connectivity index (χ1) is 7.23. The number of hydrogen-bond acceptors (Lipinski definition) is 0. The monoisotopic (exact) mass is 338 g/mol. The third-order valence-electron chi connectivity index (χ3n) is 2.99. The molecule has 0 spiro atoms. The topological polar surface area (TPSA) is 0 Å². The molecular weight excluding hydrogens is 333 g/mol. The van der Waals surface area contributed by atoms with E-state index < -0.39 is 8.67 Å². The van der Waals surface area contributed by atoms with Gasteiger partial charge in [-0.3, -0.25) is 0 Å². The summed E-state index contributed by atoms with van der Waals surface area (Å²) in [5.41, 5.74) is 1.07. The second-order valence-electron chi connectivity index (χ2n) is 4.16. The zero-order valence-corrected chi connectivity index (χ0v) is 12.6. The zero-order chi connectivity index (χ0) is 12.1. The van der Waals surface area contributed by atoms with Gasteiger partial charge in [-0.15, -0.1) is 0 Å². The van der Waals surface area contributed by atoms with Gasteiger partial charge in [-0.1, -0.05) is 75.2 Å². The van der Waals surface area contributed by atoms with Crippen LogP contribution in [-0.2, 0) is 0 Å². The lowest BCUT2D eigenvalue weighted by molar-refractivity contribution is 0.412. The fraction of sp³-hybridized carbons (Fsp3) is 0.600. The lowest BCUT2D eigenvalue weighted by atomic mass is 9.79. The van der Waals surface area contributed by atoms with Crippen molar-refractivity contribution in [2.45, 2.75) is 27.9 Å². The highest BCUT2D eigenvalue weighted by Crippen LogP contribution is 2.57. The fourth-order valence-electron chi connectivity index (χ4n) is 2.05. The Morgan fingerprint density at radius 2 is 1.69 bits per heavy atom. The van der Waals surface area contributed by atoms with Gasteiger partial charge < -0.3 is 0 Å². The Bertz CT molecular complexity index is 379. The summed E-state index contributed by atoms with van der Waals surface area (Å²) in [6.07, 6.45) is 3.36. The quantitative estimate of drug-likeness (QED) is 0.491. The molecule has 1 atom stereocenters. The largest absolute Gasteiger partial charge is 0.154 e.